The second-order valence-electron chi connectivity index (χ2n) is 2.91. The van der Waals surface area contributed by atoms with Gasteiger partial charge < -0.3 is 5.32 Å². The standard InChI is InChI=1S/C6H14N2O2S/c1-11(9,10)8-5-6-3-2-4-7-6/h6-8H,2-5H2,1H3/t6-/m1/s1. The van der Waals surface area contributed by atoms with Crippen LogP contribution in [0.15, 0.2) is 0 Å². The van der Waals surface area contributed by atoms with Gasteiger partial charge in [-0.3, -0.25) is 0 Å². The molecule has 5 heteroatoms. The van der Waals surface area contributed by atoms with Crippen molar-refractivity contribution in [3.8, 4) is 0 Å². The SMILES string of the molecule is CS(=O)(=O)NC[C@H]1CCCN1. The van der Waals surface area contributed by atoms with Crippen LogP contribution in [0.4, 0.5) is 0 Å². The molecule has 0 radical (unpaired) electrons. The highest BCUT2D eigenvalue weighted by Crippen LogP contribution is 2.03. The van der Waals surface area contributed by atoms with E-state index in [1.165, 1.54) is 6.26 Å². The van der Waals surface area contributed by atoms with Crippen LogP contribution in [0.3, 0.4) is 0 Å². The quantitative estimate of drug-likeness (QED) is 0.600. The van der Waals surface area contributed by atoms with Crippen molar-refractivity contribution >= 4 is 10.0 Å². The zero-order chi connectivity index (χ0) is 8.32. The Morgan fingerprint density at radius 2 is 2.36 bits per heavy atom. The molecule has 0 aromatic carbocycles. The Morgan fingerprint density at radius 1 is 1.64 bits per heavy atom. The van der Waals surface area contributed by atoms with Gasteiger partial charge in [0.25, 0.3) is 0 Å². The van der Waals surface area contributed by atoms with Gasteiger partial charge in [-0.05, 0) is 19.4 Å². The van der Waals surface area contributed by atoms with Crippen molar-refractivity contribution in [1.82, 2.24) is 10.0 Å². The maximum atomic E-state index is 10.6. The summed E-state index contributed by atoms with van der Waals surface area (Å²) >= 11 is 0. The highest BCUT2D eigenvalue weighted by atomic mass is 32.2. The summed E-state index contributed by atoms with van der Waals surface area (Å²) < 4.78 is 23.8. The Labute approximate surface area is 67.4 Å². The molecule has 11 heavy (non-hydrogen) atoms. The molecular weight excluding hydrogens is 164 g/mol. The van der Waals surface area contributed by atoms with E-state index in [1.807, 2.05) is 0 Å². The molecule has 0 amide bonds. The van der Waals surface area contributed by atoms with E-state index in [0.717, 1.165) is 19.4 Å². The average Bonchev–Trinajstić information content (AvgIpc) is 2.32. The summed E-state index contributed by atoms with van der Waals surface area (Å²) in [4.78, 5) is 0. The van der Waals surface area contributed by atoms with E-state index in [-0.39, 0.29) is 0 Å². The van der Waals surface area contributed by atoms with Gasteiger partial charge >= 0.3 is 0 Å². The zero-order valence-electron chi connectivity index (χ0n) is 6.63. The van der Waals surface area contributed by atoms with Gasteiger partial charge in [0.15, 0.2) is 0 Å². The largest absolute Gasteiger partial charge is 0.313 e. The van der Waals surface area contributed by atoms with Gasteiger partial charge in [-0.25, -0.2) is 13.1 Å². The fraction of sp³-hybridized carbons (Fsp3) is 1.00. The lowest BCUT2D eigenvalue weighted by atomic mass is 10.2. The van der Waals surface area contributed by atoms with Crippen molar-refractivity contribution < 1.29 is 8.42 Å². The smallest absolute Gasteiger partial charge is 0.208 e. The predicted molar refractivity (Wildman–Crippen MR) is 43.9 cm³/mol. The second kappa shape index (κ2) is 3.51. The van der Waals surface area contributed by atoms with Crippen LogP contribution in [0.5, 0.6) is 0 Å². The summed E-state index contributed by atoms with van der Waals surface area (Å²) in [5.74, 6) is 0. The molecule has 0 aromatic heterocycles. The first kappa shape index (κ1) is 8.96. The molecule has 1 fully saturated rings. The Balaban J connectivity index is 2.22. The van der Waals surface area contributed by atoms with Gasteiger partial charge in [-0.15, -0.1) is 0 Å². The fourth-order valence-corrected chi connectivity index (χ4v) is 1.69. The average molecular weight is 178 g/mol. The van der Waals surface area contributed by atoms with Crippen LogP contribution in [0.1, 0.15) is 12.8 Å². The van der Waals surface area contributed by atoms with Gasteiger partial charge in [0.05, 0.1) is 6.26 Å². The summed E-state index contributed by atoms with van der Waals surface area (Å²) in [7, 11) is -3.00. The van der Waals surface area contributed by atoms with Gasteiger partial charge in [0.2, 0.25) is 10.0 Å². The third-order valence-electron chi connectivity index (χ3n) is 1.75. The van der Waals surface area contributed by atoms with Crippen molar-refractivity contribution in [2.75, 3.05) is 19.3 Å². The molecule has 0 aromatic rings. The molecule has 1 saturated heterocycles. The van der Waals surface area contributed by atoms with E-state index in [1.54, 1.807) is 0 Å². The summed E-state index contributed by atoms with van der Waals surface area (Å²) in [6.45, 7) is 1.54. The van der Waals surface area contributed by atoms with Gasteiger partial charge in [-0.2, -0.15) is 0 Å². The molecule has 1 rings (SSSR count). The van der Waals surface area contributed by atoms with Crippen LogP contribution in [0, 0.1) is 0 Å². The monoisotopic (exact) mass is 178 g/mol. The topological polar surface area (TPSA) is 58.2 Å². The number of rotatable bonds is 3. The van der Waals surface area contributed by atoms with Crippen LogP contribution < -0.4 is 10.0 Å². The van der Waals surface area contributed by atoms with Crippen LogP contribution in [0.2, 0.25) is 0 Å². The van der Waals surface area contributed by atoms with E-state index in [9.17, 15) is 8.42 Å². The molecule has 1 atom stereocenters. The molecule has 1 aliphatic heterocycles. The fourth-order valence-electron chi connectivity index (χ4n) is 1.18. The summed E-state index contributed by atoms with van der Waals surface area (Å²) in [6.07, 6.45) is 3.40. The first-order valence-electron chi connectivity index (χ1n) is 3.76. The van der Waals surface area contributed by atoms with Crippen LogP contribution in [0.25, 0.3) is 0 Å². The van der Waals surface area contributed by atoms with Gasteiger partial charge in [-0.1, -0.05) is 0 Å². The molecule has 0 bridgehead atoms. The van der Waals surface area contributed by atoms with Crippen LogP contribution >= 0.6 is 0 Å². The van der Waals surface area contributed by atoms with Gasteiger partial charge in [0, 0.05) is 12.6 Å². The summed E-state index contributed by atoms with van der Waals surface area (Å²) in [6, 6.07) is 0.338. The molecule has 0 aliphatic carbocycles. The highest BCUT2D eigenvalue weighted by Gasteiger charge is 2.14. The first-order valence-corrected chi connectivity index (χ1v) is 5.65. The van der Waals surface area contributed by atoms with Crippen LogP contribution in [-0.2, 0) is 10.0 Å². The number of hydrogen-bond donors (Lipinski definition) is 2. The molecule has 66 valence electrons. The van der Waals surface area contributed by atoms with Crippen molar-refractivity contribution in [2.24, 2.45) is 0 Å². The number of nitrogens with one attached hydrogen (secondary N) is 2. The Kier molecular flexibility index (Phi) is 2.86. The second-order valence-corrected chi connectivity index (χ2v) is 4.75. The minimum atomic E-state index is -3.00. The minimum Gasteiger partial charge on any atom is -0.313 e. The summed E-state index contributed by atoms with van der Waals surface area (Å²) in [5, 5.41) is 3.20. The number of hydrogen-bond acceptors (Lipinski definition) is 3. The van der Waals surface area contributed by atoms with Crippen molar-refractivity contribution in [1.29, 1.82) is 0 Å². The number of sulfonamides is 1. The van der Waals surface area contributed by atoms with E-state index < -0.39 is 10.0 Å². The molecule has 1 aliphatic rings. The first-order chi connectivity index (χ1) is 5.08. The molecule has 0 saturated carbocycles. The minimum absolute atomic E-state index is 0.338. The van der Waals surface area contributed by atoms with Crippen molar-refractivity contribution in [3.63, 3.8) is 0 Å². The Bertz CT molecular complexity index is 207. The van der Waals surface area contributed by atoms with E-state index >= 15 is 0 Å². The molecule has 1 heterocycles. The van der Waals surface area contributed by atoms with E-state index in [0.29, 0.717) is 12.6 Å². The Hall–Kier alpha value is -0.130. The Morgan fingerprint density at radius 3 is 2.82 bits per heavy atom. The molecular formula is C6H14N2O2S. The lowest BCUT2D eigenvalue weighted by Gasteiger charge is -2.09. The summed E-state index contributed by atoms with van der Waals surface area (Å²) in [5.41, 5.74) is 0. The maximum absolute atomic E-state index is 10.6. The third-order valence-corrected chi connectivity index (χ3v) is 2.45. The predicted octanol–water partition coefficient (Wildman–Crippen LogP) is -0.712. The molecule has 2 N–H and O–H groups in total. The molecule has 0 spiro atoms. The highest BCUT2D eigenvalue weighted by molar-refractivity contribution is 7.88. The third kappa shape index (κ3) is 3.69. The van der Waals surface area contributed by atoms with Crippen molar-refractivity contribution in [3.05, 3.63) is 0 Å². The lowest BCUT2D eigenvalue weighted by Crippen LogP contribution is -2.36. The molecule has 4 nitrogen and oxygen atoms in total. The molecule has 0 unspecified atom stereocenters. The van der Waals surface area contributed by atoms with E-state index in [2.05, 4.69) is 10.0 Å². The van der Waals surface area contributed by atoms with E-state index in [4.69, 9.17) is 0 Å². The maximum Gasteiger partial charge on any atom is 0.208 e. The zero-order valence-corrected chi connectivity index (χ0v) is 7.45. The normalized spacial score (nSPS) is 25.7. The lowest BCUT2D eigenvalue weighted by molar-refractivity contribution is 0.556. The van der Waals surface area contributed by atoms with Crippen LogP contribution in [-0.4, -0.2) is 33.8 Å². The van der Waals surface area contributed by atoms with Gasteiger partial charge in [0.1, 0.15) is 0 Å². The van der Waals surface area contributed by atoms with Crippen molar-refractivity contribution in [2.45, 2.75) is 18.9 Å².